The summed E-state index contributed by atoms with van der Waals surface area (Å²) in [5, 5.41) is 5.79. The van der Waals surface area contributed by atoms with Gasteiger partial charge in [0, 0.05) is 38.9 Å². The molecule has 0 radical (unpaired) electrons. The molecule has 1 aromatic heterocycles. The monoisotopic (exact) mass is 380 g/mol. The van der Waals surface area contributed by atoms with E-state index in [-0.39, 0.29) is 6.03 Å². The molecule has 1 aromatic rings. The first-order valence-electron chi connectivity index (χ1n) is 9.53. The highest BCUT2D eigenvalue weighted by molar-refractivity contribution is 5.89. The van der Waals surface area contributed by atoms with Crippen molar-refractivity contribution in [3.05, 3.63) is 18.3 Å². The number of methoxy groups -OCH3 is 1. The largest absolute Gasteiger partial charge is 0.475 e. The number of amides is 2. The predicted octanol–water partition coefficient (Wildman–Crippen LogP) is 1.98. The molecule has 2 heterocycles. The first-order valence-corrected chi connectivity index (χ1v) is 9.53. The van der Waals surface area contributed by atoms with Gasteiger partial charge in [0.1, 0.15) is 6.61 Å². The Kier molecular flexibility index (Phi) is 9.30. The van der Waals surface area contributed by atoms with Crippen LogP contribution in [0.5, 0.6) is 5.88 Å². The van der Waals surface area contributed by atoms with E-state index in [1.165, 1.54) is 0 Å². The highest BCUT2D eigenvalue weighted by Gasteiger charge is 2.22. The lowest BCUT2D eigenvalue weighted by molar-refractivity contribution is 0.0130. The summed E-state index contributed by atoms with van der Waals surface area (Å²) in [4.78, 5) is 18.8. The van der Waals surface area contributed by atoms with E-state index in [1.807, 2.05) is 0 Å². The normalized spacial score (nSPS) is 16.1. The van der Waals surface area contributed by atoms with Crippen molar-refractivity contribution in [3.63, 3.8) is 0 Å². The second kappa shape index (κ2) is 11.7. The standard InChI is InChI=1S/C19H32N4O4/c1-15(2)12-17(23-6-8-26-9-7-23)14-21-19(24)22-16-4-5-18(20-13-16)27-11-10-25-3/h4-5,13,15,17H,6-12,14H2,1-3H3,(H2,21,22,24). The maximum Gasteiger partial charge on any atom is 0.319 e. The minimum absolute atomic E-state index is 0.230. The van der Waals surface area contributed by atoms with Gasteiger partial charge in [-0.25, -0.2) is 9.78 Å². The van der Waals surface area contributed by atoms with Gasteiger partial charge in [-0.2, -0.15) is 0 Å². The Labute approximate surface area is 161 Å². The van der Waals surface area contributed by atoms with Crippen molar-refractivity contribution in [2.75, 3.05) is 58.5 Å². The van der Waals surface area contributed by atoms with E-state index >= 15 is 0 Å². The van der Waals surface area contributed by atoms with Crippen LogP contribution in [0.15, 0.2) is 18.3 Å². The summed E-state index contributed by atoms with van der Waals surface area (Å²) >= 11 is 0. The van der Waals surface area contributed by atoms with Crippen molar-refractivity contribution >= 4 is 11.7 Å². The SMILES string of the molecule is COCCOc1ccc(NC(=O)NCC(CC(C)C)N2CCOCC2)cn1. The van der Waals surface area contributed by atoms with Gasteiger partial charge in [-0.3, -0.25) is 4.90 Å². The molecule has 0 aliphatic carbocycles. The van der Waals surface area contributed by atoms with Gasteiger partial charge in [-0.15, -0.1) is 0 Å². The summed E-state index contributed by atoms with van der Waals surface area (Å²) in [7, 11) is 1.62. The van der Waals surface area contributed by atoms with Crippen LogP contribution < -0.4 is 15.4 Å². The van der Waals surface area contributed by atoms with Crippen LogP contribution in [0.3, 0.4) is 0 Å². The van der Waals surface area contributed by atoms with Crippen LogP contribution in [0.25, 0.3) is 0 Å². The summed E-state index contributed by atoms with van der Waals surface area (Å²) in [6.45, 7) is 9.29. The number of hydrogen-bond donors (Lipinski definition) is 2. The van der Waals surface area contributed by atoms with Crippen LogP contribution in [-0.4, -0.2) is 75.1 Å². The van der Waals surface area contributed by atoms with Gasteiger partial charge < -0.3 is 24.8 Å². The Hall–Kier alpha value is -1.90. The Morgan fingerprint density at radius 3 is 2.70 bits per heavy atom. The van der Waals surface area contributed by atoms with E-state index in [1.54, 1.807) is 25.4 Å². The average Bonchev–Trinajstić information content (AvgIpc) is 2.67. The molecule has 1 unspecified atom stereocenters. The quantitative estimate of drug-likeness (QED) is 0.604. The van der Waals surface area contributed by atoms with Crippen LogP contribution >= 0.6 is 0 Å². The number of rotatable bonds is 10. The lowest BCUT2D eigenvalue weighted by Gasteiger charge is -2.35. The molecule has 8 heteroatoms. The Morgan fingerprint density at radius 2 is 2.07 bits per heavy atom. The third kappa shape index (κ3) is 8.11. The Morgan fingerprint density at radius 1 is 1.30 bits per heavy atom. The number of hydrogen-bond acceptors (Lipinski definition) is 6. The van der Waals surface area contributed by atoms with Crippen LogP contribution in [0, 0.1) is 5.92 Å². The summed E-state index contributed by atoms with van der Waals surface area (Å²) in [5.74, 6) is 1.07. The molecule has 1 aliphatic rings. The molecular formula is C19H32N4O4. The maximum atomic E-state index is 12.2. The smallest absolute Gasteiger partial charge is 0.319 e. The van der Waals surface area contributed by atoms with E-state index in [4.69, 9.17) is 14.2 Å². The van der Waals surface area contributed by atoms with Crippen LogP contribution in [-0.2, 0) is 9.47 Å². The van der Waals surface area contributed by atoms with Crippen molar-refractivity contribution in [1.29, 1.82) is 0 Å². The fraction of sp³-hybridized carbons (Fsp3) is 0.684. The Bertz CT molecular complexity index is 547. The number of pyridine rings is 1. The number of nitrogens with one attached hydrogen (secondary N) is 2. The van der Waals surface area contributed by atoms with Gasteiger partial charge in [0.05, 0.1) is 31.7 Å². The fourth-order valence-corrected chi connectivity index (χ4v) is 3.00. The molecule has 8 nitrogen and oxygen atoms in total. The third-order valence-corrected chi connectivity index (χ3v) is 4.34. The Balaban J connectivity index is 1.78. The van der Waals surface area contributed by atoms with Crippen molar-refractivity contribution in [2.45, 2.75) is 26.3 Å². The number of urea groups is 1. The zero-order valence-corrected chi connectivity index (χ0v) is 16.6. The second-order valence-corrected chi connectivity index (χ2v) is 6.99. The molecule has 152 valence electrons. The zero-order valence-electron chi connectivity index (χ0n) is 16.6. The summed E-state index contributed by atoms with van der Waals surface area (Å²) in [6.07, 6.45) is 2.62. The van der Waals surface area contributed by atoms with Crippen molar-refractivity contribution in [3.8, 4) is 5.88 Å². The molecule has 1 fully saturated rings. The lowest BCUT2D eigenvalue weighted by atomic mass is 10.0. The zero-order chi connectivity index (χ0) is 19.5. The fourth-order valence-electron chi connectivity index (χ4n) is 3.00. The molecule has 2 amide bonds. The highest BCUT2D eigenvalue weighted by atomic mass is 16.5. The summed E-state index contributed by atoms with van der Waals surface area (Å²) in [6, 6.07) is 3.57. The van der Waals surface area contributed by atoms with Gasteiger partial charge in [0.25, 0.3) is 0 Å². The molecule has 2 N–H and O–H groups in total. The second-order valence-electron chi connectivity index (χ2n) is 6.99. The molecular weight excluding hydrogens is 348 g/mol. The van der Waals surface area contributed by atoms with Crippen LogP contribution in [0.2, 0.25) is 0 Å². The summed E-state index contributed by atoms with van der Waals surface area (Å²) < 4.78 is 15.8. The van der Waals surface area contributed by atoms with Gasteiger partial charge in [0.2, 0.25) is 5.88 Å². The third-order valence-electron chi connectivity index (χ3n) is 4.34. The molecule has 0 saturated carbocycles. The van der Waals surface area contributed by atoms with E-state index in [9.17, 15) is 4.79 Å². The van der Waals surface area contributed by atoms with Gasteiger partial charge >= 0.3 is 6.03 Å². The van der Waals surface area contributed by atoms with Gasteiger partial charge in [-0.05, 0) is 18.4 Å². The molecule has 0 spiro atoms. The number of anilines is 1. The number of ether oxygens (including phenoxy) is 3. The lowest BCUT2D eigenvalue weighted by Crippen LogP contribution is -2.49. The van der Waals surface area contributed by atoms with Crippen molar-refractivity contribution in [2.24, 2.45) is 5.92 Å². The molecule has 1 atom stereocenters. The minimum atomic E-state index is -0.230. The molecule has 2 rings (SSSR count). The minimum Gasteiger partial charge on any atom is -0.475 e. The van der Waals surface area contributed by atoms with E-state index in [2.05, 4.69) is 34.4 Å². The van der Waals surface area contributed by atoms with E-state index < -0.39 is 0 Å². The topological polar surface area (TPSA) is 85.0 Å². The predicted molar refractivity (Wildman–Crippen MR) is 104 cm³/mol. The van der Waals surface area contributed by atoms with Gasteiger partial charge in [-0.1, -0.05) is 13.8 Å². The van der Waals surface area contributed by atoms with E-state index in [0.29, 0.717) is 43.3 Å². The number of morpholine rings is 1. The summed E-state index contributed by atoms with van der Waals surface area (Å²) in [5.41, 5.74) is 0.623. The number of carbonyl (C=O) groups excluding carboxylic acids is 1. The molecule has 1 saturated heterocycles. The number of aromatic nitrogens is 1. The van der Waals surface area contributed by atoms with Crippen molar-refractivity contribution < 1.29 is 19.0 Å². The van der Waals surface area contributed by atoms with Crippen LogP contribution in [0.4, 0.5) is 10.5 Å². The number of nitrogens with zero attached hydrogens (tertiary/aromatic N) is 2. The molecule has 0 aromatic carbocycles. The number of carbonyl (C=O) groups is 1. The molecule has 0 bridgehead atoms. The maximum absolute atomic E-state index is 12.2. The van der Waals surface area contributed by atoms with Crippen LogP contribution in [0.1, 0.15) is 20.3 Å². The van der Waals surface area contributed by atoms with Crippen molar-refractivity contribution in [1.82, 2.24) is 15.2 Å². The van der Waals surface area contributed by atoms with Gasteiger partial charge in [0.15, 0.2) is 0 Å². The highest BCUT2D eigenvalue weighted by Crippen LogP contribution is 2.14. The molecule has 27 heavy (non-hydrogen) atoms. The first-order chi connectivity index (χ1) is 13.1. The molecule has 1 aliphatic heterocycles. The first kappa shape index (κ1) is 21.4. The average molecular weight is 380 g/mol. The van der Waals surface area contributed by atoms with E-state index in [0.717, 1.165) is 32.7 Å².